The van der Waals surface area contributed by atoms with E-state index in [1.165, 1.54) is 12.3 Å². The molecule has 2 aliphatic rings. The van der Waals surface area contributed by atoms with Crippen LogP contribution in [0.2, 0.25) is 5.02 Å². The van der Waals surface area contributed by atoms with Crippen molar-refractivity contribution in [3.05, 3.63) is 23.0 Å². The third kappa shape index (κ3) is 2.45. The molecule has 3 N–H and O–H groups in total. The summed E-state index contributed by atoms with van der Waals surface area (Å²) in [5.74, 6) is -0.438. The van der Waals surface area contributed by atoms with Gasteiger partial charge in [0, 0.05) is 6.20 Å². The second-order valence-electron chi connectivity index (χ2n) is 6.01. The summed E-state index contributed by atoms with van der Waals surface area (Å²) in [6.07, 6.45) is 4.39. The fourth-order valence-electron chi connectivity index (χ4n) is 2.98. The molecule has 8 heteroatoms. The van der Waals surface area contributed by atoms with Gasteiger partial charge in [-0.15, -0.1) is 0 Å². The van der Waals surface area contributed by atoms with E-state index in [0.717, 1.165) is 17.9 Å². The average Bonchev–Trinajstić information content (AvgIpc) is 3.00. The Morgan fingerprint density at radius 1 is 1.41 bits per heavy atom. The largest absolute Gasteiger partial charge is 0.356 e. The molecule has 1 aliphatic heterocycles. The number of amides is 4. The van der Waals surface area contributed by atoms with Gasteiger partial charge in [-0.1, -0.05) is 18.5 Å². The zero-order valence-corrected chi connectivity index (χ0v) is 12.9. The molecular formula is C14H17ClN4O3. The Bertz CT molecular complexity index is 634. The van der Waals surface area contributed by atoms with Crippen molar-refractivity contribution >= 4 is 29.4 Å². The summed E-state index contributed by atoms with van der Waals surface area (Å²) in [6, 6.07) is 0.832. The maximum atomic E-state index is 12.6. The summed E-state index contributed by atoms with van der Waals surface area (Å²) in [5, 5.41) is 3.88. The molecule has 1 aromatic rings. The number of rotatable bonds is 2. The lowest BCUT2D eigenvalue weighted by Gasteiger charge is -2.33. The summed E-state index contributed by atoms with van der Waals surface area (Å²) in [5.41, 5.74) is 1.65. The number of carbonyl (C=O) groups is 3. The quantitative estimate of drug-likeness (QED) is 0.724. The van der Waals surface area contributed by atoms with Gasteiger partial charge in [0.25, 0.3) is 11.8 Å². The molecule has 118 valence electrons. The van der Waals surface area contributed by atoms with Crippen molar-refractivity contribution in [3.63, 3.8) is 0 Å². The van der Waals surface area contributed by atoms with Gasteiger partial charge in [-0.2, -0.15) is 5.01 Å². The zero-order valence-electron chi connectivity index (χ0n) is 12.1. The van der Waals surface area contributed by atoms with E-state index in [0.29, 0.717) is 23.8 Å². The number of H-pyrrole nitrogens is 1. The number of aromatic nitrogens is 1. The van der Waals surface area contributed by atoms with Crippen LogP contribution in [0.3, 0.4) is 0 Å². The van der Waals surface area contributed by atoms with Crippen LogP contribution in [0.25, 0.3) is 0 Å². The minimum atomic E-state index is -0.871. The Balaban J connectivity index is 1.73. The molecule has 1 spiro atoms. The van der Waals surface area contributed by atoms with E-state index >= 15 is 0 Å². The van der Waals surface area contributed by atoms with Crippen LogP contribution in [-0.2, 0) is 4.79 Å². The lowest BCUT2D eigenvalue weighted by molar-refractivity contribution is -0.134. The smallest absolute Gasteiger partial charge is 0.344 e. The highest BCUT2D eigenvalue weighted by Gasteiger charge is 2.52. The molecule has 2 heterocycles. The highest BCUT2D eigenvalue weighted by Crippen LogP contribution is 2.35. The minimum Gasteiger partial charge on any atom is -0.356 e. The second-order valence-corrected chi connectivity index (χ2v) is 6.44. The highest BCUT2D eigenvalue weighted by molar-refractivity contribution is 6.31. The van der Waals surface area contributed by atoms with Crippen molar-refractivity contribution in [2.24, 2.45) is 5.92 Å². The van der Waals surface area contributed by atoms with Crippen molar-refractivity contribution in [1.29, 1.82) is 0 Å². The fraction of sp³-hybridized carbons (Fsp3) is 0.500. The van der Waals surface area contributed by atoms with Crippen molar-refractivity contribution in [2.45, 2.75) is 38.1 Å². The number of halogens is 1. The molecule has 22 heavy (non-hydrogen) atoms. The average molecular weight is 325 g/mol. The van der Waals surface area contributed by atoms with Crippen LogP contribution in [0, 0.1) is 5.92 Å². The normalized spacial score (nSPS) is 28.1. The predicted octanol–water partition coefficient (Wildman–Crippen LogP) is 1.81. The number of imide groups is 1. The molecule has 1 aromatic heterocycles. The first-order valence-corrected chi connectivity index (χ1v) is 7.61. The van der Waals surface area contributed by atoms with E-state index in [4.69, 9.17) is 11.6 Å². The SMILES string of the molecule is CC1CCC2(CC1)NC(=O)N(NC(=O)c1cc(Cl)c[nH]1)C2=O. The van der Waals surface area contributed by atoms with E-state index < -0.39 is 23.4 Å². The minimum absolute atomic E-state index is 0.184. The van der Waals surface area contributed by atoms with Gasteiger partial charge in [-0.3, -0.25) is 15.0 Å². The Kier molecular flexibility index (Phi) is 3.60. The van der Waals surface area contributed by atoms with Crippen LogP contribution in [-0.4, -0.2) is 33.4 Å². The predicted molar refractivity (Wildman–Crippen MR) is 79.0 cm³/mol. The molecule has 4 amide bonds. The molecule has 1 saturated heterocycles. The number of hydrogen-bond acceptors (Lipinski definition) is 3. The van der Waals surface area contributed by atoms with E-state index in [2.05, 4.69) is 22.7 Å². The molecule has 0 unspecified atom stereocenters. The number of hydrazine groups is 1. The summed E-state index contributed by atoms with van der Waals surface area (Å²) < 4.78 is 0. The molecule has 0 bridgehead atoms. The first kappa shape index (κ1) is 14.9. The van der Waals surface area contributed by atoms with Crippen molar-refractivity contribution in [2.75, 3.05) is 0 Å². The van der Waals surface area contributed by atoms with Gasteiger partial charge < -0.3 is 10.3 Å². The number of nitrogens with zero attached hydrogens (tertiary/aromatic N) is 1. The third-order valence-corrected chi connectivity index (χ3v) is 4.61. The lowest BCUT2D eigenvalue weighted by Crippen LogP contribution is -2.51. The topological polar surface area (TPSA) is 94.3 Å². The molecule has 0 radical (unpaired) electrons. The molecule has 3 rings (SSSR count). The van der Waals surface area contributed by atoms with Crippen LogP contribution in [0.4, 0.5) is 4.79 Å². The molecule has 1 aliphatic carbocycles. The Morgan fingerprint density at radius 3 is 2.68 bits per heavy atom. The highest BCUT2D eigenvalue weighted by atomic mass is 35.5. The van der Waals surface area contributed by atoms with Gasteiger partial charge in [0.1, 0.15) is 11.2 Å². The first-order chi connectivity index (χ1) is 10.4. The van der Waals surface area contributed by atoms with Gasteiger partial charge in [-0.05, 0) is 37.7 Å². The number of aromatic amines is 1. The number of carbonyl (C=O) groups excluding carboxylic acids is 3. The van der Waals surface area contributed by atoms with E-state index in [-0.39, 0.29) is 5.69 Å². The number of urea groups is 1. The number of hydrogen-bond donors (Lipinski definition) is 3. The van der Waals surface area contributed by atoms with Crippen molar-refractivity contribution in [1.82, 2.24) is 20.7 Å². The van der Waals surface area contributed by atoms with Gasteiger partial charge in [0.05, 0.1) is 5.02 Å². The molecule has 1 saturated carbocycles. The zero-order chi connectivity index (χ0) is 15.9. The van der Waals surface area contributed by atoms with Crippen LogP contribution in [0.15, 0.2) is 12.3 Å². The number of nitrogens with one attached hydrogen (secondary N) is 3. The third-order valence-electron chi connectivity index (χ3n) is 4.40. The maximum Gasteiger partial charge on any atom is 0.344 e. The van der Waals surface area contributed by atoms with Crippen molar-refractivity contribution in [3.8, 4) is 0 Å². The Hall–Kier alpha value is -2.02. The Morgan fingerprint density at radius 2 is 2.09 bits per heavy atom. The summed E-state index contributed by atoms with van der Waals surface area (Å²) in [6.45, 7) is 2.13. The fourth-order valence-corrected chi connectivity index (χ4v) is 3.14. The van der Waals surface area contributed by atoms with E-state index in [1.54, 1.807) is 0 Å². The van der Waals surface area contributed by atoms with Gasteiger partial charge in [0.15, 0.2) is 0 Å². The van der Waals surface area contributed by atoms with Crippen LogP contribution in [0.5, 0.6) is 0 Å². The molecule has 0 atom stereocenters. The second kappa shape index (κ2) is 5.31. The molecular weight excluding hydrogens is 308 g/mol. The van der Waals surface area contributed by atoms with Crippen LogP contribution >= 0.6 is 11.6 Å². The van der Waals surface area contributed by atoms with Crippen molar-refractivity contribution < 1.29 is 14.4 Å². The van der Waals surface area contributed by atoms with Gasteiger partial charge in [0.2, 0.25) is 0 Å². The van der Waals surface area contributed by atoms with E-state index in [1.807, 2.05) is 0 Å². The first-order valence-electron chi connectivity index (χ1n) is 7.23. The Labute approximate surface area is 132 Å². The summed E-state index contributed by atoms with van der Waals surface area (Å²) in [7, 11) is 0. The molecule has 2 fully saturated rings. The summed E-state index contributed by atoms with van der Waals surface area (Å²) in [4.78, 5) is 39.3. The summed E-state index contributed by atoms with van der Waals surface area (Å²) >= 11 is 5.74. The van der Waals surface area contributed by atoms with Crippen LogP contribution < -0.4 is 10.7 Å². The van der Waals surface area contributed by atoms with E-state index in [9.17, 15) is 14.4 Å². The lowest BCUT2D eigenvalue weighted by atomic mass is 9.77. The van der Waals surface area contributed by atoms with Gasteiger partial charge in [-0.25, -0.2) is 4.79 Å². The maximum absolute atomic E-state index is 12.6. The standard InChI is InChI=1S/C14H17ClN4O3/c1-8-2-4-14(5-3-8)12(21)19(13(22)17-14)18-11(20)10-6-9(15)7-16-10/h6-8,16H,2-5H2,1H3,(H,17,22)(H,18,20). The molecule has 7 nitrogen and oxygen atoms in total. The monoisotopic (exact) mass is 324 g/mol. The van der Waals surface area contributed by atoms with Gasteiger partial charge >= 0.3 is 6.03 Å². The van der Waals surface area contributed by atoms with Crippen LogP contribution in [0.1, 0.15) is 43.1 Å². The molecule has 0 aromatic carbocycles.